The number of nitrogens with one attached hydrogen (secondary N) is 1. The van der Waals surface area contributed by atoms with Gasteiger partial charge in [-0.15, -0.1) is 0 Å². The zero-order chi connectivity index (χ0) is 23.0. The minimum atomic E-state index is -0.605. The van der Waals surface area contributed by atoms with Gasteiger partial charge in [-0.2, -0.15) is 0 Å². The highest BCUT2D eigenvalue weighted by molar-refractivity contribution is 14.1. The van der Waals surface area contributed by atoms with Crippen molar-refractivity contribution in [2.24, 2.45) is 5.92 Å². The molecule has 2 atom stereocenters. The molecular weight excluding hydrogens is 523 g/mol. The number of nitrogens with zero attached hydrogens (tertiary/aromatic N) is 1. The summed E-state index contributed by atoms with van der Waals surface area (Å²) >= 11 is 2.17. The van der Waals surface area contributed by atoms with Crippen LogP contribution in [0.25, 0.3) is 0 Å². The molecule has 2 unspecified atom stereocenters. The third-order valence-electron chi connectivity index (χ3n) is 5.66. The molecule has 3 aliphatic rings. The number of fused-ring (bicyclic) bond motifs is 2. The molecule has 1 aliphatic carbocycles. The summed E-state index contributed by atoms with van der Waals surface area (Å²) in [6.45, 7) is 6.38. The molecule has 0 saturated carbocycles. The number of carbonyl (C=O) groups excluding carboxylic acids is 3. The SMILES string of the molecule is CCCNC(=O)COc1ccc(C2C=CC=C3C(=O)N4C(=C32)OC(=O)C4C(C)C)cc1I. The van der Waals surface area contributed by atoms with E-state index >= 15 is 0 Å². The summed E-state index contributed by atoms with van der Waals surface area (Å²) in [4.78, 5) is 38.9. The number of allylic oxidation sites excluding steroid dienone is 3. The summed E-state index contributed by atoms with van der Waals surface area (Å²) in [6.07, 6.45) is 6.51. The zero-order valence-electron chi connectivity index (χ0n) is 18.2. The van der Waals surface area contributed by atoms with Crippen molar-refractivity contribution in [2.45, 2.75) is 39.2 Å². The molecule has 0 bridgehead atoms. The highest BCUT2D eigenvalue weighted by atomic mass is 127. The van der Waals surface area contributed by atoms with Crippen LogP contribution in [0.2, 0.25) is 0 Å². The number of carbonyl (C=O) groups is 3. The Labute approximate surface area is 200 Å². The van der Waals surface area contributed by atoms with Crippen LogP contribution in [0, 0.1) is 9.49 Å². The molecule has 0 spiro atoms. The lowest BCUT2D eigenvalue weighted by Crippen LogP contribution is -2.39. The van der Waals surface area contributed by atoms with Crippen molar-refractivity contribution in [1.82, 2.24) is 10.2 Å². The average molecular weight is 548 g/mol. The number of halogens is 1. The summed E-state index contributed by atoms with van der Waals surface area (Å²) in [6, 6.07) is 5.10. The number of hydrogen-bond donors (Lipinski definition) is 1. The number of amides is 2. The fraction of sp³-hybridized carbons (Fsp3) is 0.375. The van der Waals surface area contributed by atoms with Gasteiger partial charge in [0.1, 0.15) is 11.8 Å². The second-order valence-corrected chi connectivity index (χ2v) is 9.44. The second-order valence-electron chi connectivity index (χ2n) is 8.28. The molecule has 2 amide bonds. The molecule has 2 heterocycles. The number of ether oxygens (including phenoxy) is 2. The van der Waals surface area contributed by atoms with Crippen LogP contribution in [0.3, 0.4) is 0 Å². The van der Waals surface area contributed by atoms with Crippen molar-refractivity contribution in [3.05, 3.63) is 62.6 Å². The van der Waals surface area contributed by atoms with Crippen LogP contribution >= 0.6 is 22.6 Å². The molecule has 2 aliphatic heterocycles. The van der Waals surface area contributed by atoms with Gasteiger partial charge in [0, 0.05) is 23.6 Å². The van der Waals surface area contributed by atoms with Gasteiger partial charge >= 0.3 is 5.97 Å². The largest absolute Gasteiger partial charge is 0.483 e. The molecule has 32 heavy (non-hydrogen) atoms. The van der Waals surface area contributed by atoms with Crippen molar-refractivity contribution >= 4 is 40.4 Å². The Hall–Kier alpha value is -2.62. The summed E-state index contributed by atoms with van der Waals surface area (Å²) < 4.78 is 12.1. The zero-order valence-corrected chi connectivity index (χ0v) is 20.3. The number of benzene rings is 1. The quantitative estimate of drug-likeness (QED) is 0.417. The van der Waals surface area contributed by atoms with Crippen LogP contribution in [0.15, 0.2) is 53.5 Å². The summed E-state index contributed by atoms with van der Waals surface area (Å²) in [5.41, 5.74) is 2.23. The molecule has 168 valence electrons. The van der Waals surface area contributed by atoms with Crippen LogP contribution in [-0.2, 0) is 19.1 Å². The molecule has 1 aromatic carbocycles. The third kappa shape index (κ3) is 3.96. The minimum Gasteiger partial charge on any atom is -0.483 e. The first-order chi connectivity index (χ1) is 15.3. The first-order valence-corrected chi connectivity index (χ1v) is 11.8. The molecule has 8 heteroatoms. The molecule has 0 aromatic heterocycles. The highest BCUT2D eigenvalue weighted by Crippen LogP contribution is 2.47. The van der Waals surface area contributed by atoms with Crippen molar-refractivity contribution in [1.29, 1.82) is 0 Å². The van der Waals surface area contributed by atoms with E-state index in [2.05, 4.69) is 27.9 Å². The van der Waals surface area contributed by atoms with E-state index in [0.29, 0.717) is 23.8 Å². The van der Waals surface area contributed by atoms with Gasteiger partial charge in [0.2, 0.25) is 5.88 Å². The lowest BCUT2D eigenvalue weighted by molar-refractivity contribution is -0.139. The Morgan fingerprint density at radius 2 is 2.09 bits per heavy atom. The van der Waals surface area contributed by atoms with E-state index in [9.17, 15) is 14.4 Å². The van der Waals surface area contributed by atoms with E-state index in [0.717, 1.165) is 21.1 Å². The predicted octanol–water partition coefficient (Wildman–Crippen LogP) is 3.41. The average Bonchev–Trinajstić information content (AvgIpc) is 3.24. The summed E-state index contributed by atoms with van der Waals surface area (Å²) in [5.74, 6) is -0.0510. The maximum atomic E-state index is 13.1. The van der Waals surface area contributed by atoms with Crippen molar-refractivity contribution in [3.63, 3.8) is 0 Å². The molecule has 4 rings (SSSR count). The van der Waals surface area contributed by atoms with E-state index in [1.54, 1.807) is 6.08 Å². The minimum absolute atomic E-state index is 0.0448. The van der Waals surface area contributed by atoms with Crippen molar-refractivity contribution in [3.8, 4) is 5.75 Å². The first-order valence-electron chi connectivity index (χ1n) is 10.7. The van der Waals surface area contributed by atoms with Gasteiger partial charge in [0.25, 0.3) is 11.8 Å². The summed E-state index contributed by atoms with van der Waals surface area (Å²) in [7, 11) is 0. The van der Waals surface area contributed by atoms with E-state index in [4.69, 9.17) is 9.47 Å². The first kappa shape index (κ1) is 22.6. The Balaban J connectivity index is 1.60. The van der Waals surface area contributed by atoms with Crippen LogP contribution in [0.4, 0.5) is 0 Å². The van der Waals surface area contributed by atoms with Gasteiger partial charge in [-0.3, -0.25) is 14.5 Å². The van der Waals surface area contributed by atoms with Gasteiger partial charge in [0.15, 0.2) is 6.61 Å². The molecule has 1 fully saturated rings. The Kier molecular flexibility index (Phi) is 6.41. The van der Waals surface area contributed by atoms with Crippen molar-refractivity contribution in [2.75, 3.05) is 13.2 Å². The standard InChI is InChI=1S/C24H25IN2O5/c1-4-10-26-19(28)12-31-18-9-8-14(11-17(18)25)15-6-5-7-16-20(15)23-27(22(16)29)21(13(2)3)24(30)32-23/h5-9,11,13,15,21H,4,10,12H2,1-3H3,(H,26,28). The monoisotopic (exact) mass is 548 g/mol. The van der Waals surface area contributed by atoms with E-state index in [1.807, 2.05) is 51.1 Å². The smallest absolute Gasteiger partial charge is 0.336 e. The van der Waals surface area contributed by atoms with Gasteiger partial charge in [0.05, 0.1) is 3.57 Å². The molecule has 1 saturated heterocycles. The molecular formula is C24H25IN2O5. The van der Waals surface area contributed by atoms with Crippen LogP contribution < -0.4 is 10.1 Å². The van der Waals surface area contributed by atoms with Gasteiger partial charge in [-0.05, 0) is 58.7 Å². The Morgan fingerprint density at radius 1 is 1.31 bits per heavy atom. The van der Waals surface area contributed by atoms with E-state index in [1.165, 1.54) is 4.90 Å². The predicted molar refractivity (Wildman–Crippen MR) is 127 cm³/mol. The van der Waals surface area contributed by atoms with Gasteiger partial charge in [-0.25, -0.2) is 4.79 Å². The van der Waals surface area contributed by atoms with Crippen LogP contribution in [0.5, 0.6) is 5.75 Å². The third-order valence-corrected chi connectivity index (χ3v) is 6.50. The lowest BCUT2D eigenvalue weighted by Gasteiger charge is -2.20. The normalized spacial score (nSPS) is 21.5. The number of hydrogen-bond acceptors (Lipinski definition) is 5. The molecule has 1 N–H and O–H groups in total. The molecule has 0 radical (unpaired) electrons. The Morgan fingerprint density at radius 3 is 2.78 bits per heavy atom. The van der Waals surface area contributed by atoms with E-state index in [-0.39, 0.29) is 36.2 Å². The van der Waals surface area contributed by atoms with E-state index < -0.39 is 6.04 Å². The fourth-order valence-electron chi connectivity index (χ4n) is 4.16. The maximum absolute atomic E-state index is 13.1. The lowest BCUT2D eigenvalue weighted by atomic mass is 9.84. The number of rotatable bonds is 7. The Bertz CT molecular complexity index is 1070. The molecule has 7 nitrogen and oxygen atoms in total. The molecule has 1 aromatic rings. The number of esters is 1. The van der Waals surface area contributed by atoms with Crippen molar-refractivity contribution < 1.29 is 23.9 Å². The van der Waals surface area contributed by atoms with Crippen LogP contribution in [-0.4, -0.2) is 41.9 Å². The highest BCUT2D eigenvalue weighted by Gasteiger charge is 2.52. The van der Waals surface area contributed by atoms with Gasteiger partial charge in [-0.1, -0.05) is 39.0 Å². The van der Waals surface area contributed by atoms with Crippen LogP contribution in [0.1, 0.15) is 38.7 Å². The van der Waals surface area contributed by atoms with Gasteiger partial charge < -0.3 is 14.8 Å². The topological polar surface area (TPSA) is 84.9 Å². The second kappa shape index (κ2) is 9.09. The fourth-order valence-corrected chi connectivity index (χ4v) is 4.85. The maximum Gasteiger partial charge on any atom is 0.336 e. The summed E-state index contributed by atoms with van der Waals surface area (Å²) in [5, 5.41) is 2.78.